The summed E-state index contributed by atoms with van der Waals surface area (Å²) in [6.45, 7) is 1.14. The summed E-state index contributed by atoms with van der Waals surface area (Å²) in [6, 6.07) is 0. The molecule has 0 unspecified atom stereocenters. The van der Waals surface area contributed by atoms with Gasteiger partial charge in [0, 0.05) is 0 Å². The largest absolute Gasteiger partial charge is 0.446 e. The molecule has 2 N–H and O–H groups in total. The quantitative estimate of drug-likeness (QED) is 0.783. The third kappa shape index (κ3) is 8.03. The van der Waals surface area contributed by atoms with Crippen LogP contribution in [-0.2, 0) is 14.6 Å². The number of halogens is 3. The normalized spacial score (nSPS) is 14.7. The molecule has 0 aliphatic rings. The lowest BCUT2D eigenvalue weighted by atomic mass is 10.5. The highest BCUT2D eigenvalue weighted by molar-refractivity contribution is 7.91. The predicted molar refractivity (Wildman–Crippen MR) is 44.8 cm³/mol. The van der Waals surface area contributed by atoms with Crippen LogP contribution in [0.5, 0.6) is 0 Å². The van der Waals surface area contributed by atoms with Gasteiger partial charge in [0.25, 0.3) is 0 Å². The molecule has 90 valence electrons. The summed E-state index contributed by atoms with van der Waals surface area (Å²) < 4.78 is 61.2. The molecule has 0 aromatic heterocycles. The zero-order valence-electron chi connectivity index (χ0n) is 7.74. The lowest BCUT2D eigenvalue weighted by Crippen LogP contribution is -2.32. The van der Waals surface area contributed by atoms with Crippen molar-refractivity contribution in [2.24, 2.45) is 5.73 Å². The first-order valence-corrected chi connectivity index (χ1v) is 5.57. The minimum absolute atomic E-state index is 0.907. The van der Waals surface area contributed by atoms with Crippen molar-refractivity contribution < 1.29 is 31.1 Å². The average Bonchev–Trinajstić information content (AvgIpc) is 1.73. The van der Waals surface area contributed by atoms with E-state index in [1.54, 1.807) is 0 Å². The summed E-state index contributed by atoms with van der Waals surface area (Å²) >= 11 is 0. The van der Waals surface area contributed by atoms with E-state index in [4.69, 9.17) is 0 Å². The Hall–Kier alpha value is -0.990. The number of amides is 1. The number of rotatable bonds is 4. The number of hydrogen-bond acceptors (Lipinski definition) is 4. The van der Waals surface area contributed by atoms with E-state index in [0.29, 0.717) is 0 Å². The van der Waals surface area contributed by atoms with Gasteiger partial charge in [0.1, 0.15) is 11.9 Å². The lowest BCUT2D eigenvalue weighted by Gasteiger charge is -2.12. The molecule has 0 aromatic carbocycles. The number of nitrogens with two attached hydrogens (primary N) is 1. The molecule has 0 spiro atoms. The van der Waals surface area contributed by atoms with E-state index in [1.807, 2.05) is 0 Å². The SMILES string of the molecule is C[C@H](CS(=O)(=O)CC(F)(F)F)OC(N)=O. The van der Waals surface area contributed by atoms with Crippen LogP contribution in [0.3, 0.4) is 0 Å². The summed E-state index contributed by atoms with van der Waals surface area (Å²) in [7, 11) is -4.34. The first kappa shape index (κ1) is 14.0. The zero-order valence-corrected chi connectivity index (χ0v) is 8.56. The van der Waals surface area contributed by atoms with Crippen LogP contribution in [0.2, 0.25) is 0 Å². The van der Waals surface area contributed by atoms with Gasteiger partial charge in [-0.1, -0.05) is 0 Å². The van der Waals surface area contributed by atoms with Crippen LogP contribution in [0.1, 0.15) is 6.92 Å². The molecule has 15 heavy (non-hydrogen) atoms. The number of ether oxygens (including phenoxy) is 1. The summed E-state index contributed by atoms with van der Waals surface area (Å²) in [4.78, 5) is 10.2. The van der Waals surface area contributed by atoms with Gasteiger partial charge in [-0.2, -0.15) is 13.2 Å². The van der Waals surface area contributed by atoms with Gasteiger partial charge in [-0.15, -0.1) is 0 Å². The van der Waals surface area contributed by atoms with Crippen LogP contribution in [0.25, 0.3) is 0 Å². The van der Waals surface area contributed by atoms with E-state index in [9.17, 15) is 26.4 Å². The molecule has 0 aromatic rings. The van der Waals surface area contributed by atoms with E-state index in [1.165, 1.54) is 0 Å². The molecule has 1 atom stereocenters. The van der Waals surface area contributed by atoms with Crippen molar-refractivity contribution in [1.82, 2.24) is 0 Å². The summed E-state index contributed by atoms with van der Waals surface area (Å²) in [6.07, 6.45) is -7.23. The maximum atomic E-state index is 11.8. The monoisotopic (exact) mass is 249 g/mol. The van der Waals surface area contributed by atoms with Crippen LogP contribution in [0.4, 0.5) is 18.0 Å². The number of hydrogen-bond donors (Lipinski definition) is 1. The molecule has 1 amide bonds. The Bertz CT molecular complexity index is 324. The van der Waals surface area contributed by atoms with Crippen LogP contribution >= 0.6 is 0 Å². The highest BCUT2D eigenvalue weighted by atomic mass is 32.2. The minimum atomic E-state index is -4.80. The number of alkyl halides is 3. The number of carbonyl (C=O) groups is 1. The van der Waals surface area contributed by atoms with Gasteiger partial charge in [-0.25, -0.2) is 13.2 Å². The molecular formula is C6H10F3NO4S. The van der Waals surface area contributed by atoms with Crippen LogP contribution in [-0.4, -0.2) is 38.3 Å². The van der Waals surface area contributed by atoms with Crippen molar-refractivity contribution >= 4 is 15.9 Å². The van der Waals surface area contributed by atoms with Gasteiger partial charge in [-0.3, -0.25) is 0 Å². The summed E-state index contributed by atoms with van der Waals surface area (Å²) in [5, 5.41) is 0. The molecule has 0 heterocycles. The fraction of sp³-hybridized carbons (Fsp3) is 0.833. The lowest BCUT2D eigenvalue weighted by molar-refractivity contribution is -0.106. The van der Waals surface area contributed by atoms with Crippen molar-refractivity contribution in [3.63, 3.8) is 0 Å². The topological polar surface area (TPSA) is 86.5 Å². The summed E-state index contributed by atoms with van der Waals surface area (Å²) in [5.41, 5.74) is 4.56. The van der Waals surface area contributed by atoms with E-state index in [2.05, 4.69) is 10.5 Å². The van der Waals surface area contributed by atoms with Crippen molar-refractivity contribution in [3.05, 3.63) is 0 Å². The maximum absolute atomic E-state index is 11.8. The molecule has 0 radical (unpaired) electrons. The Morgan fingerprint density at radius 3 is 2.27 bits per heavy atom. The molecule has 0 saturated carbocycles. The van der Waals surface area contributed by atoms with Gasteiger partial charge < -0.3 is 10.5 Å². The molecular weight excluding hydrogens is 239 g/mol. The van der Waals surface area contributed by atoms with Crippen LogP contribution in [0.15, 0.2) is 0 Å². The average molecular weight is 249 g/mol. The fourth-order valence-electron chi connectivity index (χ4n) is 0.898. The Balaban J connectivity index is 4.33. The van der Waals surface area contributed by atoms with Crippen molar-refractivity contribution in [2.45, 2.75) is 19.2 Å². The molecule has 5 nitrogen and oxygen atoms in total. The number of sulfone groups is 1. The first-order valence-electron chi connectivity index (χ1n) is 3.75. The molecule has 0 bridgehead atoms. The van der Waals surface area contributed by atoms with Gasteiger partial charge >= 0.3 is 12.3 Å². The summed E-state index contributed by atoms with van der Waals surface area (Å²) in [5.74, 6) is -2.85. The second-order valence-corrected chi connectivity index (χ2v) is 5.03. The van der Waals surface area contributed by atoms with E-state index >= 15 is 0 Å². The minimum Gasteiger partial charge on any atom is -0.446 e. The second kappa shape index (κ2) is 4.69. The number of carbonyl (C=O) groups excluding carboxylic acids is 1. The first-order chi connectivity index (χ1) is 6.52. The molecule has 0 fully saturated rings. The van der Waals surface area contributed by atoms with Crippen molar-refractivity contribution in [1.29, 1.82) is 0 Å². The van der Waals surface area contributed by atoms with Gasteiger partial charge in [0.15, 0.2) is 9.84 Å². The second-order valence-electron chi connectivity index (χ2n) is 2.92. The van der Waals surface area contributed by atoms with E-state index < -0.39 is 39.7 Å². The third-order valence-corrected chi connectivity index (χ3v) is 2.93. The zero-order chi connectivity index (χ0) is 12.3. The molecule has 0 saturated heterocycles. The molecule has 0 rings (SSSR count). The van der Waals surface area contributed by atoms with E-state index in [0.717, 1.165) is 6.92 Å². The Morgan fingerprint density at radius 2 is 1.93 bits per heavy atom. The standard InChI is InChI=1S/C6H10F3NO4S/c1-4(14-5(10)11)2-15(12,13)3-6(7,8)9/h4H,2-3H2,1H3,(H2,10,11)/t4-/m1/s1. The Labute approximate surface area is 84.3 Å². The molecule has 0 aliphatic carbocycles. The smallest absolute Gasteiger partial charge is 0.404 e. The van der Waals surface area contributed by atoms with Crippen LogP contribution < -0.4 is 5.73 Å². The highest BCUT2D eigenvalue weighted by Gasteiger charge is 2.36. The molecule has 0 aliphatic heterocycles. The third-order valence-electron chi connectivity index (χ3n) is 1.19. The van der Waals surface area contributed by atoms with Gasteiger partial charge in [0.2, 0.25) is 0 Å². The highest BCUT2D eigenvalue weighted by Crippen LogP contribution is 2.18. The van der Waals surface area contributed by atoms with Crippen molar-refractivity contribution in [3.8, 4) is 0 Å². The van der Waals surface area contributed by atoms with E-state index in [-0.39, 0.29) is 0 Å². The predicted octanol–water partition coefficient (Wildman–Crippen LogP) is 0.447. The Morgan fingerprint density at radius 1 is 1.47 bits per heavy atom. The fourth-order valence-corrected chi connectivity index (χ4v) is 2.30. The van der Waals surface area contributed by atoms with Crippen molar-refractivity contribution in [2.75, 3.05) is 11.5 Å². The molecule has 9 heteroatoms. The van der Waals surface area contributed by atoms with Crippen LogP contribution in [0, 0.1) is 0 Å². The number of primary amides is 1. The maximum Gasteiger partial charge on any atom is 0.404 e. The van der Waals surface area contributed by atoms with Gasteiger partial charge in [-0.05, 0) is 6.92 Å². The van der Waals surface area contributed by atoms with Gasteiger partial charge in [0.05, 0.1) is 5.75 Å². The Kier molecular flexibility index (Phi) is 4.38.